The number of aromatic nitrogens is 2. The van der Waals surface area contributed by atoms with Crippen LogP contribution < -0.4 is 5.14 Å². The van der Waals surface area contributed by atoms with Crippen molar-refractivity contribution in [2.24, 2.45) is 5.14 Å². The molecule has 0 unspecified atom stereocenters. The molecule has 0 amide bonds. The van der Waals surface area contributed by atoms with Crippen molar-refractivity contribution < 1.29 is 8.42 Å². The van der Waals surface area contributed by atoms with E-state index in [9.17, 15) is 8.42 Å². The van der Waals surface area contributed by atoms with E-state index in [1.807, 2.05) is 12.1 Å². The average molecular weight is 211 g/mol. The van der Waals surface area contributed by atoms with E-state index in [4.69, 9.17) is 5.14 Å². The largest absolute Gasteiger partial charge is 0.241 e. The van der Waals surface area contributed by atoms with Gasteiger partial charge in [0.25, 0.3) is 0 Å². The molecule has 0 fully saturated rings. The van der Waals surface area contributed by atoms with Crippen molar-refractivity contribution in [3.8, 4) is 0 Å². The lowest BCUT2D eigenvalue weighted by Gasteiger charge is -1.96. The smallest absolute Gasteiger partial charge is 0.213 e. The van der Waals surface area contributed by atoms with Gasteiger partial charge in [0.1, 0.15) is 0 Å². The van der Waals surface area contributed by atoms with Crippen LogP contribution in [0.1, 0.15) is 5.56 Å². The first kappa shape index (κ1) is 9.17. The van der Waals surface area contributed by atoms with Crippen LogP contribution in [0.25, 0.3) is 5.52 Å². The Hall–Kier alpha value is -1.40. The zero-order valence-corrected chi connectivity index (χ0v) is 8.11. The van der Waals surface area contributed by atoms with Gasteiger partial charge in [-0.3, -0.25) is 0 Å². The van der Waals surface area contributed by atoms with Crippen LogP contribution in [-0.2, 0) is 15.8 Å². The fraction of sp³-hybridized carbons (Fsp3) is 0.125. The van der Waals surface area contributed by atoms with Gasteiger partial charge in [0.05, 0.1) is 17.5 Å². The predicted molar refractivity (Wildman–Crippen MR) is 52.0 cm³/mol. The predicted octanol–water partition coefficient (Wildman–Crippen LogP) is 0.123. The summed E-state index contributed by atoms with van der Waals surface area (Å²) in [7, 11) is -3.49. The van der Waals surface area contributed by atoms with Crippen LogP contribution in [0.4, 0.5) is 0 Å². The highest BCUT2D eigenvalue weighted by Gasteiger charge is 2.09. The van der Waals surface area contributed by atoms with Crippen LogP contribution in [0.15, 0.2) is 30.6 Å². The summed E-state index contributed by atoms with van der Waals surface area (Å²) in [5.74, 6) is -0.180. The van der Waals surface area contributed by atoms with Crippen molar-refractivity contribution in [2.75, 3.05) is 0 Å². The van der Waals surface area contributed by atoms with Gasteiger partial charge in [-0.2, -0.15) is 5.10 Å². The van der Waals surface area contributed by atoms with E-state index >= 15 is 0 Å². The standard InChI is InChI=1S/C8H9N3O2S/c9-14(12,13)6-7-5-10-11-4-2-1-3-8(7)11/h1-5H,6H2,(H2,9,12,13). The van der Waals surface area contributed by atoms with Crippen LogP contribution in [0.5, 0.6) is 0 Å². The molecule has 0 aliphatic rings. The lowest BCUT2D eigenvalue weighted by molar-refractivity contribution is 0.597. The van der Waals surface area contributed by atoms with Crippen LogP contribution in [-0.4, -0.2) is 18.0 Å². The summed E-state index contributed by atoms with van der Waals surface area (Å²) in [6, 6.07) is 5.44. The second-order valence-corrected chi connectivity index (χ2v) is 4.62. The number of fused-ring (bicyclic) bond motifs is 1. The number of sulfonamides is 1. The maximum Gasteiger partial charge on any atom is 0.213 e. The third kappa shape index (κ3) is 1.75. The van der Waals surface area contributed by atoms with E-state index in [1.165, 1.54) is 6.20 Å². The number of nitrogens with zero attached hydrogens (tertiary/aromatic N) is 2. The molecule has 0 aliphatic heterocycles. The van der Waals surface area contributed by atoms with E-state index in [1.54, 1.807) is 16.8 Å². The molecule has 0 aromatic carbocycles. The van der Waals surface area contributed by atoms with E-state index < -0.39 is 10.0 Å². The molecule has 6 heteroatoms. The van der Waals surface area contributed by atoms with Crippen molar-refractivity contribution in [1.82, 2.24) is 9.61 Å². The van der Waals surface area contributed by atoms with Gasteiger partial charge in [0, 0.05) is 11.8 Å². The molecule has 2 N–H and O–H groups in total. The molecule has 0 saturated carbocycles. The summed E-state index contributed by atoms with van der Waals surface area (Å²) in [5, 5.41) is 8.95. The molecular formula is C8H9N3O2S. The Kier molecular flexibility index (Phi) is 2.01. The molecule has 2 aromatic rings. The highest BCUT2D eigenvalue weighted by Crippen LogP contribution is 2.11. The van der Waals surface area contributed by atoms with Gasteiger partial charge in [-0.15, -0.1) is 0 Å². The Morgan fingerprint density at radius 2 is 2.21 bits per heavy atom. The number of nitrogens with two attached hydrogens (primary N) is 1. The van der Waals surface area contributed by atoms with E-state index in [0.29, 0.717) is 5.56 Å². The third-order valence-electron chi connectivity index (χ3n) is 1.86. The Morgan fingerprint density at radius 3 is 2.93 bits per heavy atom. The summed E-state index contributed by atoms with van der Waals surface area (Å²) in [6.45, 7) is 0. The fourth-order valence-corrected chi connectivity index (χ4v) is 1.97. The highest BCUT2D eigenvalue weighted by molar-refractivity contribution is 7.88. The number of hydrogen-bond acceptors (Lipinski definition) is 3. The third-order valence-corrected chi connectivity index (χ3v) is 2.58. The minimum absolute atomic E-state index is 0.180. The molecule has 2 aromatic heterocycles. The minimum atomic E-state index is -3.49. The molecular weight excluding hydrogens is 202 g/mol. The van der Waals surface area contributed by atoms with Crippen molar-refractivity contribution in [3.05, 3.63) is 36.2 Å². The van der Waals surface area contributed by atoms with E-state index in [0.717, 1.165) is 5.52 Å². The molecule has 2 heterocycles. The van der Waals surface area contributed by atoms with Gasteiger partial charge < -0.3 is 0 Å². The normalized spacial score (nSPS) is 12.1. The van der Waals surface area contributed by atoms with Crippen molar-refractivity contribution in [3.63, 3.8) is 0 Å². The fourth-order valence-electron chi connectivity index (χ4n) is 1.32. The summed E-state index contributed by atoms with van der Waals surface area (Å²) in [5.41, 5.74) is 1.38. The molecule has 14 heavy (non-hydrogen) atoms. The lowest BCUT2D eigenvalue weighted by atomic mass is 10.3. The van der Waals surface area contributed by atoms with Gasteiger partial charge in [0.2, 0.25) is 10.0 Å². The van der Waals surface area contributed by atoms with Crippen LogP contribution >= 0.6 is 0 Å². The van der Waals surface area contributed by atoms with Crippen LogP contribution in [0, 0.1) is 0 Å². The molecule has 0 bridgehead atoms. The van der Waals surface area contributed by atoms with Crippen LogP contribution in [0.2, 0.25) is 0 Å². The summed E-state index contributed by atoms with van der Waals surface area (Å²) >= 11 is 0. The highest BCUT2D eigenvalue weighted by atomic mass is 32.2. The molecule has 5 nitrogen and oxygen atoms in total. The Morgan fingerprint density at radius 1 is 1.43 bits per heavy atom. The molecule has 0 radical (unpaired) electrons. The van der Waals surface area contributed by atoms with Gasteiger partial charge in [-0.05, 0) is 12.1 Å². The Bertz CT molecular complexity index is 559. The monoisotopic (exact) mass is 211 g/mol. The zero-order chi connectivity index (χ0) is 10.2. The first-order valence-corrected chi connectivity index (χ1v) is 5.69. The van der Waals surface area contributed by atoms with Gasteiger partial charge in [-0.1, -0.05) is 6.07 Å². The minimum Gasteiger partial charge on any atom is -0.241 e. The Balaban J connectivity index is 2.54. The molecule has 0 atom stereocenters. The van der Waals surface area contributed by atoms with Gasteiger partial charge in [-0.25, -0.2) is 18.1 Å². The summed E-state index contributed by atoms with van der Waals surface area (Å²) < 4.78 is 23.4. The summed E-state index contributed by atoms with van der Waals surface area (Å²) in [4.78, 5) is 0. The van der Waals surface area contributed by atoms with E-state index in [-0.39, 0.29) is 5.75 Å². The molecule has 2 rings (SSSR count). The second kappa shape index (κ2) is 3.07. The summed E-state index contributed by atoms with van der Waals surface area (Å²) in [6.07, 6.45) is 3.27. The van der Waals surface area contributed by atoms with Gasteiger partial charge in [0.15, 0.2) is 0 Å². The second-order valence-electron chi connectivity index (χ2n) is 3.01. The Labute approximate surface area is 81.2 Å². The molecule has 0 saturated heterocycles. The number of hydrogen-bond donors (Lipinski definition) is 1. The van der Waals surface area contributed by atoms with Crippen LogP contribution in [0.3, 0.4) is 0 Å². The van der Waals surface area contributed by atoms with Crippen molar-refractivity contribution in [2.45, 2.75) is 5.75 Å². The molecule has 74 valence electrons. The molecule has 0 spiro atoms. The number of rotatable bonds is 2. The first-order valence-electron chi connectivity index (χ1n) is 3.98. The van der Waals surface area contributed by atoms with Crippen molar-refractivity contribution >= 4 is 15.5 Å². The first-order chi connectivity index (χ1) is 6.56. The zero-order valence-electron chi connectivity index (χ0n) is 7.29. The number of pyridine rings is 1. The maximum atomic E-state index is 10.9. The topological polar surface area (TPSA) is 77.5 Å². The number of primary sulfonamides is 1. The van der Waals surface area contributed by atoms with Crippen molar-refractivity contribution in [1.29, 1.82) is 0 Å². The SMILES string of the molecule is NS(=O)(=O)Cc1cnn2ccccc12. The average Bonchev–Trinajstić information content (AvgIpc) is 2.47. The lowest BCUT2D eigenvalue weighted by Crippen LogP contribution is -2.14. The molecule has 0 aliphatic carbocycles. The van der Waals surface area contributed by atoms with Gasteiger partial charge >= 0.3 is 0 Å². The maximum absolute atomic E-state index is 10.9. The quantitative estimate of drug-likeness (QED) is 0.766. The van der Waals surface area contributed by atoms with E-state index in [2.05, 4.69) is 5.10 Å².